The van der Waals surface area contributed by atoms with Crippen molar-refractivity contribution in [1.82, 2.24) is 15.2 Å². The van der Waals surface area contributed by atoms with Crippen LogP contribution in [0.1, 0.15) is 22.7 Å². The molecule has 96 valence electrons. The lowest BCUT2D eigenvalue weighted by Crippen LogP contribution is -2.29. The number of aromatic nitrogens is 2. The number of rotatable bonds is 4. The van der Waals surface area contributed by atoms with E-state index in [0.29, 0.717) is 0 Å². The summed E-state index contributed by atoms with van der Waals surface area (Å²) in [5, 5.41) is 4.17. The second-order valence-electron chi connectivity index (χ2n) is 4.27. The van der Waals surface area contributed by atoms with E-state index in [-0.39, 0.29) is 6.04 Å². The number of ether oxygens (including phenoxy) is 1. The summed E-state index contributed by atoms with van der Waals surface area (Å²) in [6.45, 7) is 2.04. The van der Waals surface area contributed by atoms with E-state index in [9.17, 15) is 0 Å². The Balaban J connectivity index is 2.39. The van der Waals surface area contributed by atoms with Crippen molar-refractivity contribution in [2.75, 3.05) is 7.11 Å². The van der Waals surface area contributed by atoms with Gasteiger partial charge in [0.15, 0.2) is 0 Å². The highest BCUT2D eigenvalue weighted by molar-refractivity contribution is 5.40. The molecule has 0 fully saturated rings. The molecule has 0 saturated heterocycles. The number of nitrogens with one attached hydrogen (secondary N) is 1. The number of aryl methyl sites for hydroxylation is 2. The molecule has 3 N–H and O–H groups in total. The Morgan fingerprint density at radius 2 is 2.22 bits per heavy atom. The second kappa shape index (κ2) is 5.20. The van der Waals surface area contributed by atoms with E-state index in [0.717, 1.165) is 22.4 Å². The molecule has 1 aromatic heterocycles. The summed E-state index contributed by atoms with van der Waals surface area (Å²) >= 11 is 0. The second-order valence-corrected chi connectivity index (χ2v) is 4.27. The summed E-state index contributed by atoms with van der Waals surface area (Å²) in [6, 6.07) is 5.88. The van der Waals surface area contributed by atoms with Gasteiger partial charge in [-0.15, -0.1) is 0 Å². The molecule has 2 rings (SSSR count). The Morgan fingerprint density at radius 3 is 2.72 bits per heavy atom. The molecule has 2 aromatic rings. The maximum Gasteiger partial charge on any atom is 0.119 e. The molecule has 5 nitrogen and oxygen atoms in total. The first kappa shape index (κ1) is 12.6. The summed E-state index contributed by atoms with van der Waals surface area (Å²) in [5.74, 6) is 6.51. The largest absolute Gasteiger partial charge is 0.497 e. The molecule has 1 aromatic carbocycles. The van der Waals surface area contributed by atoms with Gasteiger partial charge in [-0.25, -0.2) is 5.43 Å². The molecule has 0 saturated carbocycles. The molecular weight excluding hydrogens is 228 g/mol. The Bertz CT molecular complexity index is 536. The average Bonchev–Trinajstić information content (AvgIpc) is 2.78. The predicted molar refractivity (Wildman–Crippen MR) is 70.1 cm³/mol. The number of benzene rings is 1. The van der Waals surface area contributed by atoms with Crippen LogP contribution in [0.4, 0.5) is 0 Å². The molecule has 0 bridgehead atoms. The summed E-state index contributed by atoms with van der Waals surface area (Å²) in [7, 11) is 3.55. The lowest BCUT2D eigenvalue weighted by molar-refractivity contribution is 0.414. The van der Waals surface area contributed by atoms with Gasteiger partial charge in [0, 0.05) is 18.8 Å². The summed E-state index contributed by atoms with van der Waals surface area (Å²) in [6.07, 6.45) is 3.77. The zero-order chi connectivity index (χ0) is 13.1. The fourth-order valence-electron chi connectivity index (χ4n) is 2.05. The van der Waals surface area contributed by atoms with E-state index >= 15 is 0 Å². The van der Waals surface area contributed by atoms with Crippen molar-refractivity contribution in [3.05, 3.63) is 47.3 Å². The normalized spacial score (nSPS) is 12.4. The van der Waals surface area contributed by atoms with Crippen molar-refractivity contribution in [3.8, 4) is 5.75 Å². The van der Waals surface area contributed by atoms with Gasteiger partial charge >= 0.3 is 0 Å². The first-order chi connectivity index (χ1) is 8.65. The van der Waals surface area contributed by atoms with Gasteiger partial charge in [-0.05, 0) is 30.2 Å². The van der Waals surface area contributed by atoms with Crippen molar-refractivity contribution in [3.63, 3.8) is 0 Å². The van der Waals surface area contributed by atoms with Crippen LogP contribution < -0.4 is 16.0 Å². The van der Waals surface area contributed by atoms with E-state index in [4.69, 9.17) is 10.6 Å². The van der Waals surface area contributed by atoms with Gasteiger partial charge in [-0.2, -0.15) is 5.10 Å². The van der Waals surface area contributed by atoms with Gasteiger partial charge in [0.2, 0.25) is 0 Å². The van der Waals surface area contributed by atoms with Crippen LogP contribution in [0.2, 0.25) is 0 Å². The van der Waals surface area contributed by atoms with Crippen molar-refractivity contribution < 1.29 is 4.74 Å². The molecule has 0 amide bonds. The molecule has 1 atom stereocenters. The van der Waals surface area contributed by atoms with E-state index in [1.165, 1.54) is 0 Å². The standard InChI is InChI=1S/C13H18N4O/c1-9-6-11(18-3)4-5-12(9)13(16-14)10-7-15-17(2)8-10/h4-8,13,16H,14H2,1-3H3. The molecular formula is C13H18N4O. The number of nitrogens with two attached hydrogens (primary N) is 1. The van der Waals surface area contributed by atoms with Crippen molar-refractivity contribution >= 4 is 0 Å². The van der Waals surface area contributed by atoms with Crippen LogP contribution in [0.25, 0.3) is 0 Å². The number of hydrazine groups is 1. The van der Waals surface area contributed by atoms with Crippen LogP contribution in [0, 0.1) is 6.92 Å². The fourth-order valence-corrected chi connectivity index (χ4v) is 2.05. The summed E-state index contributed by atoms with van der Waals surface area (Å²) in [4.78, 5) is 0. The number of nitrogens with zero attached hydrogens (tertiary/aromatic N) is 2. The van der Waals surface area contributed by atoms with E-state index in [1.54, 1.807) is 11.8 Å². The van der Waals surface area contributed by atoms with Crippen LogP contribution >= 0.6 is 0 Å². The minimum atomic E-state index is -0.0652. The van der Waals surface area contributed by atoms with Gasteiger partial charge < -0.3 is 4.74 Å². The van der Waals surface area contributed by atoms with Crippen LogP contribution in [0.15, 0.2) is 30.6 Å². The lowest BCUT2D eigenvalue weighted by Gasteiger charge is -2.17. The molecule has 18 heavy (non-hydrogen) atoms. The van der Waals surface area contributed by atoms with Gasteiger partial charge in [0.1, 0.15) is 5.75 Å². The van der Waals surface area contributed by atoms with Gasteiger partial charge in [-0.3, -0.25) is 10.5 Å². The van der Waals surface area contributed by atoms with E-state index in [1.807, 2.05) is 44.6 Å². The molecule has 0 spiro atoms. The molecule has 0 aliphatic heterocycles. The highest BCUT2D eigenvalue weighted by atomic mass is 16.5. The summed E-state index contributed by atoms with van der Waals surface area (Å²) < 4.78 is 6.97. The Kier molecular flexibility index (Phi) is 3.64. The first-order valence-corrected chi connectivity index (χ1v) is 5.75. The highest BCUT2D eigenvalue weighted by Crippen LogP contribution is 2.26. The maximum absolute atomic E-state index is 5.67. The third-order valence-corrected chi connectivity index (χ3v) is 3.01. The zero-order valence-corrected chi connectivity index (χ0v) is 10.8. The quantitative estimate of drug-likeness (QED) is 0.630. The minimum Gasteiger partial charge on any atom is -0.497 e. The minimum absolute atomic E-state index is 0.0652. The van der Waals surface area contributed by atoms with Crippen LogP contribution in [-0.2, 0) is 7.05 Å². The lowest BCUT2D eigenvalue weighted by atomic mass is 9.97. The average molecular weight is 246 g/mol. The maximum atomic E-state index is 5.67. The monoisotopic (exact) mass is 246 g/mol. The summed E-state index contributed by atoms with van der Waals surface area (Å²) in [5.41, 5.74) is 6.11. The van der Waals surface area contributed by atoms with Gasteiger partial charge in [0.05, 0.1) is 19.3 Å². The Morgan fingerprint density at radius 1 is 1.44 bits per heavy atom. The fraction of sp³-hybridized carbons (Fsp3) is 0.308. The van der Waals surface area contributed by atoms with Crippen LogP contribution in [0.5, 0.6) is 5.75 Å². The first-order valence-electron chi connectivity index (χ1n) is 5.75. The van der Waals surface area contributed by atoms with E-state index < -0.39 is 0 Å². The molecule has 5 heteroatoms. The van der Waals surface area contributed by atoms with Gasteiger partial charge in [0.25, 0.3) is 0 Å². The van der Waals surface area contributed by atoms with Crippen molar-refractivity contribution in [2.45, 2.75) is 13.0 Å². The smallest absolute Gasteiger partial charge is 0.119 e. The highest BCUT2D eigenvalue weighted by Gasteiger charge is 2.16. The number of hydrogen-bond donors (Lipinski definition) is 2. The van der Waals surface area contributed by atoms with Gasteiger partial charge in [-0.1, -0.05) is 6.07 Å². The molecule has 0 aliphatic carbocycles. The van der Waals surface area contributed by atoms with Crippen molar-refractivity contribution in [1.29, 1.82) is 0 Å². The topological polar surface area (TPSA) is 65.1 Å². The van der Waals surface area contributed by atoms with Crippen LogP contribution in [0.3, 0.4) is 0 Å². The third-order valence-electron chi connectivity index (χ3n) is 3.01. The molecule has 1 unspecified atom stereocenters. The molecule has 1 heterocycles. The molecule has 0 aliphatic rings. The number of hydrogen-bond acceptors (Lipinski definition) is 4. The molecule has 0 radical (unpaired) electrons. The van der Waals surface area contributed by atoms with E-state index in [2.05, 4.69) is 10.5 Å². The Hall–Kier alpha value is -1.85. The zero-order valence-electron chi connectivity index (χ0n) is 10.8. The van der Waals surface area contributed by atoms with Crippen molar-refractivity contribution in [2.24, 2.45) is 12.9 Å². The third kappa shape index (κ3) is 2.37. The SMILES string of the molecule is COc1ccc(C(NN)c2cnn(C)c2)c(C)c1. The predicted octanol–water partition coefficient (Wildman–Crippen LogP) is 1.29. The number of methoxy groups -OCH3 is 1. The Labute approximate surface area is 107 Å². The van der Waals surface area contributed by atoms with Crippen LogP contribution in [-0.4, -0.2) is 16.9 Å².